The highest BCUT2D eigenvalue weighted by molar-refractivity contribution is 5.88. The standard InChI is InChI=1S/C26H31N7O/c1-4-13-32(14-5-2)18-21-11-9-20(10-12-21)16-29-31-25-24-17-30-33(26(24)28-19-27-25)22-7-6-8-23(15-22)34-3/h6-12,15-17,19H,4-5,13-14,18H2,1-3H3,(H,27,28,31)/b29-16+. The molecule has 0 aliphatic carbocycles. The molecule has 2 heterocycles. The van der Waals surface area contributed by atoms with Crippen LogP contribution >= 0.6 is 0 Å². The fourth-order valence-electron chi connectivity index (χ4n) is 3.90. The fraction of sp³-hybridized carbons (Fsp3) is 0.308. The zero-order chi connectivity index (χ0) is 23.8. The van der Waals surface area contributed by atoms with Crippen LogP contribution in [0.3, 0.4) is 0 Å². The normalized spacial score (nSPS) is 11.5. The van der Waals surface area contributed by atoms with Gasteiger partial charge in [-0.2, -0.15) is 10.2 Å². The molecular weight excluding hydrogens is 426 g/mol. The maximum atomic E-state index is 5.32. The van der Waals surface area contributed by atoms with E-state index in [0.717, 1.165) is 42.0 Å². The number of rotatable bonds is 11. The first-order chi connectivity index (χ1) is 16.7. The summed E-state index contributed by atoms with van der Waals surface area (Å²) in [7, 11) is 1.64. The van der Waals surface area contributed by atoms with Crippen LogP contribution in [-0.4, -0.2) is 51.1 Å². The van der Waals surface area contributed by atoms with E-state index in [0.29, 0.717) is 11.5 Å². The third-order valence-electron chi connectivity index (χ3n) is 5.51. The van der Waals surface area contributed by atoms with Crippen LogP contribution in [0, 0.1) is 0 Å². The zero-order valence-corrected chi connectivity index (χ0v) is 20.0. The van der Waals surface area contributed by atoms with Gasteiger partial charge in [0.1, 0.15) is 12.1 Å². The van der Waals surface area contributed by atoms with Crippen molar-refractivity contribution < 1.29 is 4.74 Å². The molecule has 8 heteroatoms. The quantitative estimate of drug-likeness (QED) is 0.255. The van der Waals surface area contributed by atoms with Gasteiger partial charge in [0.15, 0.2) is 11.5 Å². The van der Waals surface area contributed by atoms with E-state index < -0.39 is 0 Å². The second kappa shape index (κ2) is 11.4. The Labute approximate surface area is 200 Å². The molecular formula is C26H31N7O. The average molecular weight is 458 g/mol. The summed E-state index contributed by atoms with van der Waals surface area (Å²) < 4.78 is 7.08. The van der Waals surface area contributed by atoms with E-state index in [1.807, 2.05) is 24.3 Å². The predicted molar refractivity (Wildman–Crippen MR) is 137 cm³/mol. The average Bonchev–Trinajstić information content (AvgIpc) is 3.31. The Bertz CT molecular complexity index is 1230. The zero-order valence-electron chi connectivity index (χ0n) is 20.0. The number of nitrogens with one attached hydrogen (secondary N) is 1. The molecule has 0 fully saturated rings. The number of anilines is 1. The Morgan fingerprint density at radius 1 is 1.06 bits per heavy atom. The van der Waals surface area contributed by atoms with Crippen LogP contribution in [0.25, 0.3) is 16.7 Å². The number of hydrogen-bond acceptors (Lipinski definition) is 7. The first kappa shape index (κ1) is 23.4. The minimum Gasteiger partial charge on any atom is -0.497 e. The molecule has 0 amide bonds. The number of methoxy groups -OCH3 is 1. The lowest BCUT2D eigenvalue weighted by Gasteiger charge is -2.20. The summed E-state index contributed by atoms with van der Waals surface area (Å²) >= 11 is 0. The van der Waals surface area contributed by atoms with Gasteiger partial charge in [0, 0.05) is 12.6 Å². The Kier molecular flexibility index (Phi) is 7.83. The second-order valence-corrected chi connectivity index (χ2v) is 8.11. The fourth-order valence-corrected chi connectivity index (χ4v) is 3.90. The van der Waals surface area contributed by atoms with Crippen LogP contribution in [0.15, 0.2) is 66.2 Å². The minimum absolute atomic E-state index is 0.599. The van der Waals surface area contributed by atoms with Crippen molar-refractivity contribution in [2.24, 2.45) is 5.10 Å². The van der Waals surface area contributed by atoms with Crippen LogP contribution in [0.2, 0.25) is 0 Å². The van der Waals surface area contributed by atoms with Crippen LogP contribution in [0.1, 0.15) is 37.8 Å². The highest BCUT2D eigenvalue weighted by atomic mass is 16.5. The van der Waals surface area contributed by atoms with Crippen molar-refractivity contribution in [1.29, 1.82) is 0 Å². The SMILES string of the molecule is CCCN(CCC)Cc1ccc(/C=N/Nc2ncnc3c2cnn3-c2cccc(OC)c2)cc1. The molecule has 0 aliphatic rings. The summed E-state index contributed by atoms with van der Waals surface area (Å²) in [5.41, 5.74) is 6.92. The minimum atomic E-state index is 0.599. The Morgan fingerprint density at radius 2 is 1.85 bits per heavy atom. The van der Waals surface area contributed by atoms with Crippen molar-refractivity contribution in [2.75, 3.05) is 25.6 Å². The summed E-state index contributed by atoms with van der Waals surface area (Å²) in [6, 6.07) is 16.2. The smallest absolute Gasteiger partial charge is 0.168 e. The molecule has 2 aromatic heterocycles. The number of hydrazone groups is 1. The number of hydrogen-bond donors (Lipinski definition) is 1. The number of benzene rings is 2. The van der Waals surface area contributed by atoms with E-state index in [4.69, 9.17) is 4.74 Å². The van der Waals surface area contributed by atoms with E-state index in [1.54, 1.807) is 24.2 Å². The third kappa shape index (κ3) is 5.58. The van der Waals surface area contributed by atoms with Crippen LogP contribution < -0.4 is 10.2 Å². The second-order valence-electron chi connectivity index (χ2n) is 8.11. The first-order valence-corrected chi connectivity index (χ1v) is 11.6. The van der Waals surface area contributed by atoms with Crippen molar-refractivity contribution >= 4 is 23.1 Å². The molecule has 34 heavy (non-hydrogen) atoms. The van der Waals surface area contributed by atoms with Gasteiger partial charge >= 0.3 is 0 Å². The van der Waals surface area contributed by atoms with Crippen molar-refractivity contribution in [1.82, 2.24) is 24.6 Å². The summed E-state index contributed by atoms with van der Waals surface area (Å²) in [4.78, 5) is 11.2. The molecule has 0 spiro atoms. The van der Waals surface area contributed by atoms with Gasteiger partial charge in [-0.1, -0.05) is 44.2 Å². The van der Waals surface area contributed by atoms with Crippen LogP contribution in [0.4, 0.5) is 5.82 Å². The van der Waals surface area contributed by atoms with Gasteiger partial charge in [0.05, 0.1) is 30.6 Å². The molecule has 0 saturated carbocycles. The van der Waals surface area contributed by atoms with Gasteiger partial charge < -0.3 is 4.74 Å². The van der Waals surface area contributed by atoms with Crippen molar-refractivity contribution in [3.63, 3.8) is 0 Å². The summed E-state index contributed by atoms with van der Waals surface area (Å²) in [6.45, 7) is 7.69. The predicted octanol–water partition coefficient (Wildman–Crippen LogP) is 4.89. The van der Waals surface area contributed by atoms with Gasteiger partial charge in [-0.15, -0.1) is 0 Å². The van der Waals surface area contributed by atoms with E-state index >= 15 is 0 Å². The number of fused-ring (bicyclic) bond motifs is 1. The molecule has 0 saturated heterocycles. The van der Waals surface area contributed by atoms with E-state index in [1.165, 1.54) is 24.7 Å². The lowest BCUT2D eigenvalue weighted by atomic mass is 10.1. The molecule has 1 N–H and O–H groups in total. The lowest BCUT2D eigenvalue weighted by molar-refractivity contribution is 0.266. The Balaban J connectivity index is 1.45. The molecule has 0 unspecified atom stereocenters. The van der Waals surface area contributed by atoms with E-state index in [2.05, 4.69) is 68.6 Å². The molecule has 0 bridgehead atoms. The molecule has 0 atom stereocenters. The first-order valence-electron chi connectivity index (χ1n) is 11.6. The van der Waals surface area contributed by atoms with Gasteiger partial charge in [0.2, 0.25) is 0 Å². The monoisotopic (exact) mass is 457 g/mol. The third-order valence-corrected chi connectivity index (χ3v) is 5.51. The maximum absolute atomic E-state index is 5.32. The highest BCUT2D eigenvalue weighted by Crippen LogP contribution is 2.23. The summed E-state index contributed by atoms with van der Waals surface area (Å²) in [6.07, 6.45) is 7.38. The number of nitrogens with zero attached hydrogens (tertiary/aromatic N) is 6. The summed E-state index contributed by atoms with van der Waals surface area (Å²) in [5.74, 6) is 1.36. The van der Waals surface area contributed by atoms with E-state index in [9.17, 15) is 0 Å². The lowest BCUT2D eigenvalue weighted by Crippen LogP contribution is -2.24. The number of ether oxygens (including phenoxy) is 1. The van der Waals surface area contributed by atoms with E-state index in [-0.39, 0.29) is 0 Å². The van der Waals surface area contributed by atoms with Crippen molar-refractivity contribution in [3.05, 3.63) is 72.2 Å². The maximum Gasteiger partial charge on any atom is 0.168 e. The Morgan fingerprint density at radius 3 is 2.59 bits per heavy atom. The highest BCUT2D eigenvalue weighted by Gasteiger charge is 2.11. The van der Waals surface area contributed by atoms with Gasteiger partial charge in [0.25, 0.3) is 0 Å². The van der Waals surface area contributed by atoms with Gasteiger partial charge in [-0.3, -0.25) is 10.3 Å². The molecule has 0 radical (unpaired) electrons. The molecule has 0 aliphatic heterocycles. The van der Waals surface area contributed by atoms with Crippen LogP contribution in [-0.2, 0) is 6.54 Å². The largest absolute Gasteiger partial charge is 0.497 e. The molecule has 176 valence electrons. The Hall–Kier alpha value is -3.78. The number of aromatic nitrogens is 4. The van der Waals surface area contributed by atoms with Gasteiger partial charge in [-0.05, 0) is 49.2 Å². The summed E-state index contributed by atoms with van der Waals surface area (Å²) in [5, 5.41) is 9.66. The van der Waals surface area contributed by atoms with Crippen molar-refractivity contribution in [3.8, 4) is 11.4 Å². The molecule has 4 aromatic rings. The molecule has 2 aromatic carbocycles. The van der Waals surface area contributed by atoms with Crippen LogP contribution in [0.5, 0.6) is 5.75 Å². The molecule has 8 nitrogen and oxygen atoms in total. The van der Waals surface area contributed by atoms with Crippen molar-refractivity contribution in [2.45, 2.75) is 33.2 Å². The molecule has 4 rings (SSSR count). The topological polar surface area (TPSA) is 80.5 Å². The van der Waals surface area contributed by atoms with Gasteiger partial charge in [-0.25, -0.2) is 14.6 Å².